The predicted octanol–water partition coefficient (Wildman–Crippen LogP) is 1.36. The third-order valence-corrected chi connectivity index (χ3v) is 2.44. The zero-order valence-corrected chi connectivity index (χ0v) is 9.34. The van der Waals surface area contributed by atoms with E-state index in [1.807, 2.05) is 12.1 Å². The lowest BCUT2D eigenvalue weighted by atomic mass is 10.0. The standard InChI is InChI=1S/C13H13N3O/c14-8-12-7-11(3-5-16-12)13(17)6-10-2-1-4-15-9-10/h1-5,7,9H,6,8,14H2. The number of rotatable bonds is 4. The summed E-state index contributed by atoms with van der Waals surface area (Å²) in [6, 6.07) is 7.15. The molecule has 86 valence electrons. The van der Waals surface area contributed by atoms with Gasteiger partial charge in [-0.25, -0.2) is 0 Å². The Hall–Kier alpha value is -2.07. The zero-order chi connectivity index (χ0) is 12.1. The summed E-state index contributed by atoms with van der Waals surface area (Å²) in [6.45, 7) is 0.341. The number of nitrogens with zero attached hydrogens (tertiary/aromatic N) is 2. The van der Waals surface area contributed by atoms with Crippen LogP contribution < -0.4 is 5.73 Å². The molecule has 2 N–H and O–H groups in total. The van der Waals surface area contributed by atoms with Crippen molar-refractivity contribution in [3.63, 3.8) is 0 Å². The van der Waals surface area contributed by atoms with Crippen molar-refractivity contribution in [3.05, 3.63) is 59.7 Å². The molecular weight excluding hydrogens is 214 g/mol. The number of hydrogen-bond donors (Lipinski definition) is 1. The van der Waals surface area contributed by atoms with Gasteiger partial charge in [0.1, 0.15) is 0 Å². The predicted molar refractivity (Wildman–Crippen MR) is 64.4 cm³/mol. The number of hydrogen-bond acceptors (Lipinski definition) is 4. The van der Waals surface area contributed by atoms with Crippen LogP contribution >= 0.6 is 0 Å². The molecule has 0 atom stereocenters. The Balaban J connectivity index is 2.14. The summed E-state index contributed by atoms with van der Waals surface area (Å²) in [6.07, 6.45) is 5.34. The number of ketones is 1. The molecule has 0 amide bonds. The van der Waals surface area contributed by atoms with E-state index in [9.17, 15) is 4.79 Å². The maximum Gasteiger partial charge on any atom is 0.167 e. The molecule has 0 radical (unpaired) electrons. The fourth-order valence-corrected chi connectivity index (χ4v) is 1.55. The van der Waals surface area contributed by atoms with Gasteiger partial charge < -0.3 is 5.73 Å². The molecule has 2 aromatic rings. The van der Waals surface area contributed by atoms with E-state index in [2.05, 4.69) is 9.97 Å². The van der Waals surface area contributed by atoms with Crippen molar-refractivity contribution < 1.29 is 4.79 Å². The highest BCUT2D eigenvalue weighted by atomic mass is 16.1. The number of Topliss-reactive ketones (excluding diaryl/α,β-unsaturated/α-hetero) is 1. The first-order valence-electron chi connectivity index (χ1n) is 5.36. The highest BCUT2D eigenvalue weighted by molar-refractivity contribution is 5.97. The Kier molecular flexibility index (Phi) is 3.57. The maximum atomic E-state index is 12.0. The van der Waals surface area contributed by atoms with E-state index in [1.165, 1.54) is 0 Å². The number of pyridine rings is 2. The molecule has 2 aromatic heterocycles. The zero-order valence-electron chi connectivity index (χ0n) is 9.34. The van der Waals surface area contributed by atoms with Crippen LogP contribution in [0.4, 0.5) is 0 Å². The van der Waals surface area contributed by atoms with Crippen LogP contribution in [0.1, 0.15) is 21.6 Å². The van der Waals surface area contributed by atoms with Gasteiger partial charge in [-0.3, -0.25) is 14.8 Å². The van der Waals surface area contributed by atoms with Crippen LogP contribution in [0.25, 0.3) is 0 Å². The molecule has 17 heavy (non-hydrogen) atoms. The number of carbonyl (C=O) groups excluding carboxylic acids is 1. The minimum atomic E-state index is 0.0510. The van der Waals surface area contributed by atoms with Crippen molar-refractivity contribution >= 4 is 5.78 Å². The highest BCUT2D eigenvalue weighted by Crippen LogP contribution is 2.07. The van der Waals surface area contributed by atoms with Crippen molar-refractivity contribution in [2.24, 2.45) is 5.73 Å². The molecule has 4 nitrogen and oxygen atoms in total. The van der Waals surface area contributed by atoms with Crippen LogP contribution in [0.2, 0.25) is 0 Å². The number of nitrogens with two attached hydrogens (primary N) is 1. The Morgan fingerprint density at radius 2 is 2.18 bits per heavy atom. The molecule has 0 unspecified atom stereocenters. The van der Waals surface area contributed by atoms with Crippen LogP contribution in [0.3, 0.4) is 0 Å². The smallest absolute Gasteiger partial charge is 0.167 e. The van der Waals surface area contributed by atoms with Crippen LogP contribution in [-0.4, -0.2) is 15.8 Å². The summed E-state index contributed by atoms with van der Waals surface area (Å²) >= 11 is 0. The Morgan fingerprint density at radius 3 is 2.88 bits per heavy atom. The summed E-state index contributed by atoms with van der Waals surface area (Å²) in [5.41, 5.74) is 7.76. The average molecular weight is 227 g/mol. The Labute approximate surface area is 99.5 Å². The lowest BCUT2D eigenvalue weighted by molar-refractivity contribution is 0.0992. The van der Waals surface area contributed by atoms with E-state index in [0.29, 0.717) is 18.5 Å². The molecule has 0 aromatic carbocycles. The first-order valence-corrected chi connectivity index (χ1v) is 5.36. The van der Waals surface area contributed by atoms with Crippen molar-refractivity contribution in [1.29, 1.82) is 0 Å². The minimum absolute atomic E-state index is 0.0510. The van der Waals surface area contributed by atoms with Gasteiger partial charge >= 0.3 is 0 Å². The summed E-state index contributed by atoms with van der Waals surface area (Å²) in [4.78, 5) is 20.0. The molecule has 0 aliphatic rings. The van der Waals surface area contributed by atoms with Crippen molar-refractivity contribution in [3.8, 4) is 0 Å². The average Bonchev–Trinajstić information content (AvgIpc) is 2.40. The van der Waals surface area contributed by atoms with E-state index >= 15 is 0 Å². The summed E-state index contributed by atoms with van der Waals surface area (Å²) in [5, 5.41) is 0. The molecule has 0 fully saturated rings. The fraction of sp³-hybridized carbons (Fsp3) is 0.154. The first-order chi connectivity index (χ1) is 8.29. The van der Waals surface area contributed by atoms with E-state index in [0.717, 1.165) is 11.3 Å². The van der Waals surface area contributed by atoms with Crippen LogP contribution in [0, 0.1) is 0 Å². The second kappa shape index (κ2) is 5.32. The number of carbonyl (C=O) groups is 1. The molecule has 0 aliphatic heterocycles. The van der Waals surface area contributed by atoms with Crippen LogP contribution in [-0.2, 0) is 13.0 Å². The number of aromatic nitrogens is 2. The molecule has 0 spiro atoms. The summed E-state index contributed by atoms with van der Waals surface area (Å²) in [5.74, 6) is 0.0510. The van der Waals surface area contributed by atoms with Gasteiger partial charge in [0.15, 0.2) is 5.78 Å². The molecule has 0 bridgehead atoms. The molecular formula is C13H13N3O. The maximum absolute atomic E-state index is 12.0. The lowest BCUT2D eigenvalue weighted by Crippen LogP contribution is -2.06. The topological polar surface area (TPSA) is 68.9 Å². The SMILES string of the molecule is NCc1cc(C(=O)Cc2cccnc2)ccn1. The van der Waals surface area contributed by atoms with Crippen molar-refractivity contribution in [1.82, 2.24) is 9.97 Å². The van der Waals surface area contributed by atoms with Crippen molar-refractivity contribution in [2.75, 3.05) is 0 Å². The molecule has 2 rings (SSSR count). The second-order valence-electron chi connectivity index (χ2n) is 3.70. The summed E-state index contributed by atoms with van der Waals surface area (Å²) in [7, 11) is 0. The van der Waals surface area contributed by atoms with E-state index < -0.39 is 0 Å². The van der Waals surface area contributed by atoms with Crippen LogP contribution in [0.15, 0.2) is 42.9 Å². The summed E-state index contributed by atoms with van der Waals surface area (Å²) < 4.78 is 0. The fourth-order valence-electron chi connectivity index (χ4n) is 1.55. The van der Waals surface area contributed by atoms with Crippen molar-refractivity contribution in [2.45, 2.75) is 13.0 Å². The van der Waals surface area contributed by atoms with E-state index in [4.69, 9.17) is 5.73 Å². The largest absolute Gasteiger partial charge is 0.325 e. The van der Waals surface area contributed by atoms with Gasteiger partial charge in [-0.2, -0.15) is 0 Å². The van der Waals surface area contributed by atoms with Gasteiger partial charge in [0.05, 0.1) is 5.69 Å². The lowest BCUT2D eigenvalue weighted by Gasteiger charge is -2.02. The Bertz CT molecular complexity index is 511. The minimum Gasteiger partial charge on any atom is -0.325 e. The van der Waals surface area contributed by atoms with Gasteiger partial charge in [-0.05, 0) is 23.8 Å². The second-order valence-corrected chi connectivity index (χ2v) is 3.70. The van der Waals surface area contributed by atoms with Gasteiger partial charge in [-0.1, -0.05) is 6.07 Å². The van der Waals surface area contributed by atoms with E-state index in [1.54, 1.807) is 30.7 Å². The monoisotopic (exact) mass is 227 g/mol. The molecule has 0 aliphatic carbocycles. The molecule has 0 saturated carbocycles. The first kappa shape index (κ1) is 11.4. The van der Waals surface area contributed by atoms with Gasteiger partial charge in [0.2, 0.25) is 0 Å². The highest BCUT2D eigenvalue weighted by Gasteiger charge is 2.07. The quantitative estimate of drug-likeness (QED) is 0.801. The van der Waals surface area contributed by atoms with Crippen LogP contribution in [0.5, 0.6) is 0 Å². The molecule has 2 heterocycles. The molecule has 0 saturated heterocycles. The van der Waals surface area contributed by atoms with Gasteiger partial charge in [0.25, 0.3) is 0 Å². The molecule has 4 heteroatoms. The third kappa shape index (κ3) is 2.95. The van der Waals surface area contributed by atoms with Gasteiger partial charge in [-0.15, -0.1) is 0 Å². The normalized spacial score (nSPS) is 10.2. The van der Waals surface area contributed by atoms with E-state index in [-0.39, 0.29) is 5.78 Å². The van der Waals surface area contributed by atoms with Gasteiger partial charge in [0, 0.05) is 37.1 Å². The third-order valence-electron chi connectivity index (χ3n) is 2.44. The Morgan fingerprint density at radius 1 is 1.29 bits per heavy atom.